The number of rotatable bonds is 6. The van der Waals surface area contributed by atoms with Crippen LogP contribution in [0, 0.1) is 5.82 Å². The molecule has 1 N–H and O–H groups in total. The summed E-state index contributed by atoms with van der Waals surface area (Å²) in [5, 5.41) is 2.79. The van der Waals surface area contributed by atoms with Gasteiger partial charge >= 0.3 is 0 Å². The zero-order chi connectivity index (χ0) is 18.6. The number of nitrogens with zero attached hydrogens (tertiary/aromatic N) is 1. The van der Waals surface area contributed by atoms with Crippen molar-refractivity contribution in [1.82, 2.24) is 5.32 Å². The normalized spacial score (nSPS) is 13.8. The largest absolute Gasteiger partial charge is 0.348 e. The molecule has 0 saturated heterocycles. The number of hydrogen-bond acceptors (Lipinski definition) is 3. The molecular formula is C18H21FN2O3S. The molecule has 7 heteroatoms. The molecule has 0 radical (unpaired) electrons. The Balaban J connectivity index is 2.24. The van der Waals surface area contributed by atoms with Crippen LogP contribution < -0.4 is 9.62 Å². The van der Waals surface area contributed by atoms with Crippen molar-refractivity contribution in [1.29, 1.82) is 0 Å². The first-order valence-corrected chi connectivity index (χ1v) is 9.65. The Kier molecular flexibility index (Phi) is 5.79. The third-order valence-electron chi connectivity index (χ3n) is 3.81. The van der Waals surface area contributed by atoms with E-state index in [-0.39, 0.29) is 11.7 Å². The molecule has 2 aromatic rings. The minimum Gasteiger partial charge on any atom is -0.348 e. The monoisotopic (exact) mass is 364 g/mol. The van der Waals surface area contributed by atoms with Gasteiger partial charge in [0.25, 0.3) is 0 Å². The number of hydrogen-bond donors (Lipinski definition) is 1. The van der Waals surface area contributed by atoms with Crippen molar-refractivity contribution in [2.75, 3.05) is 10.6 Å². The molecule has 0 aliphatic rings. The number of halogens is 1. The lowest BCUT2D eigenvalue weighted by Gasteiger charge is -2.29. The Morgan fingerprint density at radius 3 is 2.28 bits per heavy atom. The van der Waals surface area contributed by atoms with Gasteiger partial charge in [-0.15, -0.1) is 0 Å². The van der Waals surface area contributed by atoms with Crippen LogP contribution in [0.15, 0.2) is 54.6 Å². The van der Waals surface area contributed by atoms with Crippen LogP contribution in [0.1, 0.15) is 25.5 Å². The number of anilines is 1. The van der Waals surface area contributed by atoms with Gasteiger partial charge in [-0.25, -0.2) is 12.8 Å². The van der Waals surface area contributed by atoms with Gasteiger partial charge in [0.05, 0.1) is 18.0 Å². The zero-order valence-corrected chi connectivity index (χ0v) is 15.1. The first-order chi connectivity index (χ1) is 11.7. The Labute approximate surface area is 147 Å². The van der Waals surface area contributed by atoms with Crippen LogP contribution in [-0.2, 0) is 14.8 Å². The predicted octanol–water partition coefficient (Wildman–Crippen LogP) is 2.86. The van der Waals surface area contributed by atoms with Crippen LogP contribution in [0.3, 0.4) is 0 Å². The van der Waals surface area contributed by atoms with E-state index in [9.17, 15) is 17.6 Å². The summed E-state index contributed by atoms with van der Waals surface area (Å²) >= 11 is 0. The zero-order valence-electron chi connectivity index (χ0n) is 14.3. The summed E-state index contributed by atoms with van der Waals surface area (Å²) in [5.74, 6) is -1.04. The summed E-state index contributed by atoms with van der Waals surface area (Å²) in [6.45, 7) is 3.28. The SMILES string of the molecule is CC(NC(=O)C(C)N(c1cccc(F)c1)S(C)(=O)=O)c1ccccc1. The first kappa shape index (κ1) is 18.9. The quantitative estimate of drug-likeness (QED) is 0.857. The van der Waals surface area contributed by atoms with Gasteiger partial charge in [0.2, 0.25) is 15.9 Å². The standard InChI is InChI=1S/C18H21FN2O3S/c1-13(15-8-5-4-6-9-15)20-18(22)14(2)21(25(3,23)24)17-11-7-10-16(19)12-17/h4-14H,1-3H3,(H,20,22). The molecule has 0 fully saturated rings. The molecule has 5 nitrogen and oxygen atoms in total. The Morgan fingerprint density at radius 2 is 1.72 bits per heavy atom. The van der Waals surface area contributed by atoms with Crippen molar-refractivity contribution < 1.29 is 17.6 Å². The summed E-state index contributed by atoms with van der Waals surface area (Å²) in [5.41, 5.74) is 1.01. The molecule has 0 aliphatic carbocycles. The van der Waals surface area contributed by atoms with E-state index in [2.05, 4.69) is 5.32 Å². The second kappa shape index (κ2) is 7.65. The highest BCUT2D eigenvalue weighted by molar-refractivity contribution is 7.92. The maximum atomic E-state index is 13.5. The van der Waals surface area contributed by atoms with Gasteiger partial charge in [-0.3, -0.25) is 9.10 Å². The van der Waals surface area contributed by atoms with Crippen molar-refractivity contribution in [3.05, 3.63) is 66.0 Å². The molecule has 0 bridgehead atoms. The molecule has 0 aromatic heterocycles. The van der Waals surface area contributed by atoms with Crippen molar-refractivity contribution in [2.45, 2.75) is 25.9 Å². The molecule has 1 amide bonds. The van der Waals surface area contributed by atoms with Gasteiger partial charge in [0.15, 0.2) is 0 Å². The molecule has 2 aromatic carbocycles. The van der Waals surface area contributed by atoms with Gasteiger partial charge in [0.1, 0.15) is 11.9 Å². The Hall–Kier alpha value is -2.41. The fraction of sp³-hybridized carbons (Fsp3) is 0.278. The molecule has 134 valence electrons. The van der Waals surface area contributed by atoms with Crippen LogP contribution >= 0.6 is 0 Å². The van der Waals surface area contributed by atoms with E-state index in [0.717, 1.165) is 22.2 Å². The minimum absolute atomic E-state index is 0.109. The highest BCUT2D eigenvalue weighted by Crippen LogP contribution is 2.22. The van der Waals surface area contributed by atoms with E-state index >= 15 is 0 Å². The highest BCUT2D eigenvalue weighted by atomic mass is 32.2. The molecule has 2 atom stereocenters. The van der Waals surface area contributed by atoms with Gasteiger partial charge in [-0.2, -0.15) is 0 Å². The number of carbonyl (C=O) groups is 1. The number of sulfonamides is 1. The summed E-state index contributed by atoms with van der Waals surface area (Å²) in [6.07, 6.45) is 0.988. The van der Waals surface area contributed by atoms with Crippen molar-refractivity contribution in [2.24, 2.45) is 0 Å². The van der Waals surface area contributed by atoms with Crippen LogP contribution in [0.2, 0.25) is 0 Å². The number of amides is 1. The van der Waals surface area contributed by atoms with Crippen LogP contribution in [0.4, 0.5) is 10.1 Å². The molecule has 0 aliphatic heterocycles. The van der Waals surface area contributed by atoms with E-state index in [1.54, 1.807) is 0 Å². The second-order valence-corrected chi connectivity index (χ2v) is 7.72. The molecule has 2 rings (SSSR count). The Bertz CT molecular complexity index is 840. The van der Waals surface area contributed by atoms with Crippen LogP contribution in [0.25, 0.3) is 0 Å². The summed E-state index contributed by atoms with van der Waals surface area (Å²) in [4.78, 5) is 12.6. The number of carbonyl (C=O) groups excluding carboxylic acids is 1. The van der Waals surface area contributed by atoms with E-state index in [1.165, 1.54) is 25.1 Å². The van der Waals surface area contributed by atoms with Gasteiger partial charge in [-0.05, 0) is 37.6 Å². The lowest BCUT2D eigenvalue weighted by molar-refractivity contribution is -0.122. The van der Waals surface area contributed by atoms with Crippen molar-refractivity contribution in [3.63, 3.8) is 0 Å². The molecule has 0 saturated carbocycles. The summed E-state index contributed by atoms with van der Waals surface area (Å²) < 4.78 is 38.7. The van der Waals surface area contributed by atoms with Crippen LogP contribution in [0.5, 0.6) is 0 Å². The molecule has 25 heavy (non-hydrogen) atoms. The summed E-state index contributed by atoms with van der Waals surface area (Å²) in [7, 11) is -3.77. The van der Waals surface area contributed by atoms with E-state index < -0.39 is 27.8 Å². The molecule has 0 heterocycles. The third kappa shape index (κ3) is 4.79. The van der Waals surface area contributed by atoms with Gasteiger partial charge in [0, 0.05) is 0 Å². The van der Waals surface area contributed by atoms with Gasteiger partial charge < -0.3 is 5.32 Å². The average molecular weight is 364 g/mol. The van der Waals surface area contributed by atoms with Crippen LogP contribution in [-0.4, -0.2) is 26.6 Å². The number of nitrogens with one attached hydrogen (secondary N) is 1. The first-order valence-electron chi connectivity index (χ1n) is 7.80. The fourth-order valence-corrected chi connectivity index (χ4v) is 3.75. The fourth-order valence-electron chi connectivity index (χ4n) is 2.58. The van der Waals surface area contributed by atoms with E-state index in [1.807, 2.05) is 37.3 Å². The molecule has 2 unspecified atom stereocenters. The lowest BCUT2D eigenvalue weighted by atomic mass is 10.1. The van der Waals surface area contributed by atoms with E-state index in [0.29, 0.717) is 0 Å². The lowest BCUT2D eigenvalue weighted by Crippen LogP contribution is -2.48. The average Bonchev–Trinajstić information content (AvgIpc) is 2.54. The molecular weight excluding hydrogens is 343 g/mol. The smallest absolute Gasteiger partial charge is 0.244 e. The van der Waals surface area contributed by atoms with E-state index in [4.69, 9.17) is 0 Å². The summed E-state index contributed by atoms with van der Waals surface area (Å²) in [6, 6.07) is 13.2. The maximum Gasteiger partial charge on any atom is 0.244 e. The highest BCUT2D eigenvalue weighted by Gasteiger charge is 2.30. The number of benzene rings is 2. The van der Waals surface area contributed by atoms with Crippen molar-refractivity contribution in [3.8, 4) is 0 Å². The molecule has 0 spiro atoms. The second-order valence-electron chi connectivity index (χ2n) is 5.86. The third-order valence-corrected chi connectivity index (χ3v) is 5.05. The van der Waals surface area contributed by atoms with Crippen molar-refractivity contribution >= 4 is 21.6 Å². The Morgan fingerprint density at radius 1 is 1.08 bits per heavy atom. The topological polar surface area (TPSA) is 66.5 Å². The minimum atomic E-state index is -3.77. The van der Waals surface area contributed by atoms with Gasteiger partial charge in [-0.1, -0.05) is 36.4 Å². The maximum absolute atomic E-state index is 13.5. The predicted molar refractivity (Wildman–Crippen MR) is 96.2 cm³/mol.